The summed E-state index contributed by atoms with van der Waals surface area (Å²) in [7, 11) is 0. The van der Waals surface area contributed by atoms with Crippen LogP contribution in [0.25, 0.3) is 17.2 Å². The molecule has 0 aliphatic carbocycles. The van der Waals surface area contributed by atoms with Gasteiger partial charge in [0.15, 0.2) is 11.3 Å². The van der Waals surface area contributed by atoms with E-state index in [1.165, 1.54) is 13.0 Å². The van der Waals surface area contributed by atoms with Crippen LogP contribution in [-0.2, 0) is 0 Å². The van der Waals surface area contributed by atoms with Crippen LogP contribution >= 0.6 is 0 Å². The topological polar surface area (TPSA) is 63.3 Å². The Morgan fingerprint density at radius 2 is 2.25 bits per heavy atom. The van der Waals surface area contributed by atoms with Crippen molar-refractivity contribution in [3.8, 4) is 0 Å². The second-order valence-corrected chi connectivity index (χ2v) is 3.64. The molecule has 0 amide bonds. The quantitative estimate of drug-likeness (QED) is 0.745. The molecular weight excluding hydrogens is 206 g/mol. The van der Waals surface area contributed by atoms with E-state index in [4.69, 9.17) is 9.52 Å². The number of aliphatic hydroxyl groups is 1. The van der Waals surface area contributed by atoms with Gasteiger partial charge in [0, 0.05) is 6.08 Å². The van der Waals surface area contributed by atoms with Crippen LogP contribution in [0, 0.1) is 6.92 Å². The van der Waals surface area contributed by atoms with Gasteiger partial charge in [0.2, 0.25) is 0 Å². The second-order valence-electron chi connectivity index (χ2n) is 3.64. The molecule has 1 aromatic heterocycles. The smallest absolute Gasteiger partial charge is 0.362 e. The molecule has 0 aliphatic heterocycles. The maximum Gasteiger partial charge on any atom is 0.362 e. The highest BCUT2D eigenvalue weighted by atomic mass is 16.4. The number of rotatable bonds is 1. The SMILES string of the molecule is C/C(O)=C/c1nc2ccc(C)cc2oc1=O. The summed E-state index contributed by atoms with van der Waals surface area (Å²) in [5.41, 5.74) is 1.61. The average molecular weight is 217 g/mol. The molecule has 0 atom stereocenters. The Kier molecular flexibility index (Phi) is 2.48. The van der Waals surface area contributed by atoms with Crippen molar-refractivity contribution in [3.05, 3.63) is 45.6 Å². The summed E-state index contributed by atoms with van der Waals surface area (Å²) in [5, 5.41) is 9.09. The third kappa shape index (κ3) is 1.95. The van der Waals surface area contributed by atoms with E-state index in [9.17, 15) is 4.79 Å². The monoisotopic (exact) mass is 217 g/mol. The molecule has 0 aliphatic rings. The van der Waals surface area contributed by atoms with Gasteiger partial charge in [-0.05, 0) is 31.5 Å². The molecule has 0 spiro atoms. The zero-order chi connectivity index (χ0) is 11.7. The number of fused-ring (bicyclic) bond motifs is 1. The molecular formula is C12H11NO3. The van der Waals surface area contributed by atoms with Gasteiger partial charge >= 0.3 is 5.63 Å². The summed E-state index contributed by atoms with van der Waals surface area (Å²) in [4.78, 5) is 15.6. The lowest BCUT2D eigenvalue weighted by Crippen LogP contribution is -2.06. The minimum atomic E-state index is -0.550. The van der Waals surface area contributed by atoms with Crippen molar-refractivity contribution in [1.82, 2.24) is 4.98 Å². The van der Waals surface area contributed by atoms with Crippen molar-refractivity contribution in [2.45, 2.75) is 13.8 Å². The van der Waals surface area contributed by atoms with E-state index in [1.807, 2.05) is 13.0 Å². The standard InChI is InChI=1S/C12H11NO3/c1-7-3-4-9-11(5-7)16-12(15)10(13-9)6-8(2)14/h3-6,14H,1-2H3/b8-6-. The first kappa shape index (κ1) is 10.4. The number of nitrogens with zero attached hydrogens (tertiary/aromatic N) is 1. The van der Waals surface area contributed by atoms with Crippen LogP contribution in [0.4, 0.5) is 0 Å². The lowest BCUT2D eigenvalue weighted by atomic mass is 10.2. The Labute approximate surface area is 91.9 Å². The first-order chi connectivity index (χ1) is 7.56. The largest absolute Gasteiger partial charge is 0.513 e. The molecule has 1 N–H and O–H groups in total. The minimum Gasteiger partial charge on any atom is -0.513 e. The molecule has 2 aromatic rings. The Morgan fingerprint density at radius 1 is 1.50 bits per heavy atom. The molecule has 4 heteroatoms. The van der Waals surface area contributed by atoms with Crippen molar-refractivity contribution >= 4 is 17.2 Å². The molecule has 4 nitrogen and oxygen atoms in total. The molecule has 0 fully saturated rings. The van der Waals surface area contributed by atoms with E-state index in [2.05, 4.69) is 4.98 Å². The fraction of sp³-hybridized carbons (Fsp3) is 0.167. The van der Waals surface area contributed by atoms with Gasteiger partial charge in [-0.25, -0.2) is 9.78 Å². The minimum absolute atomic E-state index is 0.0197. The van der Waals surface area contributed by atoms with Gasteiger partial charge in [0.25, 0.3) is 0 Å². The van der Waals surface area contributed by atoms with Crippen molar-refractivity contribution in [3.63, 3.8) is 0 Å². The summed E-state index contributed by atoms with van der Waals surface area (Å²) in [5.74, 6) is 0.0197. The summed E-state index contributed by atoms with van der Waals surface area (Å²) in [6, 6.07) is 5.41. The predicted molar refractivity (Wildman–Crippen MR) is 61.3 cm³/mol. The van der Waals surface area contributed by atoms with E-state index >= 15 is 0 Å². The summed E-state index contributed by atoms with van der Waals surface area (Å²) in [6.45, 7) is 3.38. The number of benzene rings is 1. The van der Waals surface area contributed by atoms with Gasteiger partial charge in [0.05, 0.1) is 5.76 Å². The van der Waals surface area contributed by atoms with Crippen LogP contribution < -0.4 is 5.63 Å². The van der Waals surface area contributed by atoms with Crippen LogP contribution in [0.5, 0.6) is 0 Å². The predicted octanol–water partition coefficient (Wildman–Crippen LogP) is 2.42. The van der Waals surface area contributed by atoms with Gasteiger partial charge in [0.1, 0.15) is 5.52 Å². The van der Waals surface area contributed by atoms with Crippen molar-refractivity contribution in [1.29, 1.82) is 0 Å². The third-order valence-corrected chi connectivity index (χ3v) is 2.11. The normalized spacial score (nSPS) is 12.0. The molecule has 0 saturated heterocycles. The van der Waals surface area contributed by atoms with E-state index in [1.54, 1.807) is 12.1 Å². The third-order valence-electron chi connectivity index (χ3n) is 2.11. The van der Waals surface area contributed by atoms with Crippen molar-refractivity contribution in [2.75, 3.05) is 0 Å². The fourth-order valence-electron chi connectivity index (χ4n) is 1.41. The summed E-state index contributed by atoms with van der Waals surface area (Å²) in [6.07, 6.45) is 1.28. The number of hydrogen-bond donors (Lipinski definition) is 1. The molecule has 2 rings (SSSR count). The van der Waals surface area contributed by atoms with Crippen LogP contribution in [-0.4, -0.2) is 10.1 Å². The number of aromatic nitrogens is 1. The summed E-state index contributed by atoms with van der Waals surface area (Å²) < 4.78 is 5.10. The van der Waals surface area contributed by atoms with Gasteiger partial charge in [-0.2, -0.15) is 0 Å². The van der Waals surface area contributed by atoms with Crippen LogP contribution in [0.1, 0.15) is 18.2 Å². The zero-order valence-corrected chi connectivity index (χ0v) is 9.02. The Bertz CT molecular complexity index is 622. The first-order valence-corrected chi connectivity index (χ1v) is 4.85. The molecule has 1 aromatic carbocycles. The maximum absolute atomic E-state index is 11.5. The highest BCUT2D eigenvalue weighted by molar-refractivity contribution is 5.73. The van der Waals surface area contributed by atoms with Crippen molar-refractivity contribution in [2.24, 2.45) is 0 Å². The first-order valence-electron chi connectivity index (χ1n) is 4.85. The number of allylic oxidation sites excluding steroid dienone is 1. The van der Waals surface area contributed by atoms with Gasteiger partial charge in [-0.15, -0.1) is 0 Å². The van der Waals surface area contributed by atoms with Gasteiger partial charge < -0.3 is 9.52 Å². The van der Waals surface area contributed by atoms with E-state index < -0.39 is 5.63 Å². The van der Waals surface area contributed by atoms with E-state index in [0.29, 0.717) is 11.1 Å². The summed E-state index contributed by atoms with van der Waals surface area (Å²) >= 11 is 0. The Balaban J connectivity index is 2.72. The van der Waals surface area contributed by atoms with Crippen LogP contribution in [0.2, 0.25) is 0 Å². The Hall–Kier alpha value is -2.10. The zero-order valence-electron chi connectivity index (χ0n) is 9.02. The molecule has 16 heavy (non-hydrogen) atoms. The molecule has 0 radical (unpaired) electrons. The number of aliphatic hydroxyl groups excluding tert-OH is 1. The lowest BCUT2D eigenvalue weighted by molar-refractivity contribution is 0.419. The molecule has 82 valence electrons. The number of aryl methyl sites for hydroxylation is 1. The van der Waals surface area contributed by atoms with Crippen LogP contribution in [0.15, 0.2) is 33.2 Å². The second kappa shape index (κ2) is 3.81. The van der Waals surface area contributed by atoms with Gasteiger partial charge in [-0.3, -0.25) is 0 Å². The molecule has 0 saturated carbocycles. The molecule has 0 bridgehead atoms. The number of hydrogen-bond acceptors (Lipinski definition) is 4. The van der Waals surface area contributed by atoms with E-state index in [-0.39, 0.29) is 11.5 Å². The molecule has 0 unspecified atom stereocenters. The highest BCUT2D eigenvalue weighted by Crippen LogP contribution is 2.12. The average Bonchev–Trinajstić information content (AvgIpc) is 2.19. The highest BCUT2D eigenvalue weighted by Gasteiger charge is 2.05. The lowest BCUT2D eigenvalue weighted by Gasteiger charge is -1.99. The molecule has 1 heterocycles. The fourth-order valence-corrected chi connectivity index (χ4v) is 1.41. The Morgan fingerprint density at radius 3 is 2.94 bits per heavy atom. The van der Waals surface area contributed by atoms with Gasteiger partial charge in [-0.1, -0.05) is 6.07 Å². The van der Waals surface area contributed by atoms with Crippen molar-refractivity contribution < 1.29 is 9.52 Å². The van der Waals surface area contributed by atoms with Crippen LogP contribution in [0.3, 0.4) is 0 Å². The van der Waals surface area contributed by atoms with E-state index in [0.717, 1.165) is 5.56 Å². The maximum atomic E-state index is 11.5.